The smallest absolute Gasteiger partial charge is 0.343 e. The third-order valence-electron chi connectivity index (χ3n) is 6.69. The van der Waals surface area contributed by atoms with Crippen LogP contribution in [0.3, 0.4) is 0 Å². The predicted molar refractivity (Wildman–Crippen MR) is 143 cm³/mol. The third-order valence-corrected chi connectivity index (χ3v) is 6.81. The molecule has 0 aromatic heterocycles. The molecule has 1 unspecified atom stereocenters. The van der Waals surface area contributed by atoms with E-state index < -0.39 is 18.1 Å². The number of alkyl halides is 2. The molecular formula is C30H38ClFO5. The summed E-state index contributed by atoms with van der Waals surface area (Å²) in [7, 11) is 0. The Morgan fingerprint density at radius 2 is 1.65 bits per heavy atom. The first kappa shape index (κ1) is 29.0. The van der Waals surface area contributed by atoms with Crippen molar-refractivity contribution in [2.24, 2.45) is 5.92 Å². The van der Waals surface area contributed by atoms with Gasteiger partial charge in [-0.15, -0.1) is 11.6 Å². The Balaban J connectivity index is 1.37. The van der Waals surface area contributed by atoms with E-state index in [1.54, 1.807) is 24.3 Å². The molecule has 2 atom stereocenters. The van der Waals surface area contributed by atoms with Crippen LogP contribution in [0.4, 0.5) is 4.39 Å². The van der Waals surface area contributed by atoms with E-state index in [0.717, 1.165) is 44.9 Å². The van der Waals surface area contributed by atoms with Gasteiger partial charge in [0.2, 0.25) is 0 Å². The number of rotatable bonds is 13. The van der Waals surface area contributed by atoms with Gasteiger partial charge < -0.3 is 14.2 Å². The van der Waals surface area contributed by atoms with Crippen molar-refractivity contribution in [2.75, 3.05) is 6.61 Å². The Morgan fingerprint density at radius 3 is 2.27 bits per heavy atom. The standard InChI is InChI=1S/C30H38ClFO5/c1-3-4-5-28(32)30(34)37-27-16-10-23(11-17-27)7-6-22-8-14-26(15-9-22)36-29(33)24-12-18-25(19-13-24)35-20-21(2)31/h8-9,12-15,18-19,21,23,27-28H,3-7,10-11,16-17,20H2,1-2H3/t21-,23-,27-,28?/m0/s1. The highest BCUT2D eigenvalue weighted by atomic mass is 35.5. The molecule has 1 fully saturated rings. The number of unbranched alkanes of at least 4 members (excludes halogenated alkanes) is 1. The molecule has 37 heavy (non-hydrogen) atoms. The van der Waals surface area contributed by atoms with Crippen LogP contribution in [0.1, 0.15) is 81.1 Å². The molecule has 2 aromatic carbocycles. The Bertz CT molecular complexity index is 968. The molecule has 0 radical (unpaired) electrons. The van der Waals surface area contributed by atoms with Crippen molar-refractivity contribution in [1.82, 2.24) is 0 Å². The largest absolute Gasteiger partial charge is 0.492 e. The van der Waals surface area contributed by atoms with Gasteiger partial charge in [-0.2, -0.15) is 0 Å². The fraction of sp³-hybridized carbons (Fsp3) is 0.533. The Hall–Kier alpha value is -2.60. The second kappa shape index (κ2) is 15.0. The number of hydrogen-bond donors (Lipinski definition) is 0. The van der Waals surface area contributed by atoms with E-state index in [-0.39, 0.29) is 17.9 Å². The van der Waals surface area contributed by atoms with Gasteiger partial charge in [0.15, 0.2) is 6.17 Å². The monoisotopic (exact) mass is 532 g/mol. The lowest BCUT2D eigenvalue weighted by Crippen LogP contribution is -2.29. The van der Waals surface area contributed by atoms with Crippen LogP contribution in [-0.2, 0) is 16.0 Å². The number of carbonyl (C=O) groups excluding carboxylic acids is 2. The van der Waals surface area contributed by atoms with E-state index in [2.05, 4.69) is 0 Å². The van der Waals surface area contributed by atoms with Crippen molar-refractivity contribution in [1.29, 1.82) is 0 Å². The van der Waals surface area contributed by atoms with Gasteiger partial charge in [-0.05, 0) is 99.7 Å². The first-order chi connectivity index (χ1) is 17.8. The number of hydrogen-bond acceptors (Lipinski definition) is 5. The Kier molecular flexibility index (Phi) is 11.7. The fourth-order valence-electron chi connectivity index (χ4n) is 4.44. The van der Waals surface area contributed by atoms with E-state index >= 15 is 0 Å². The van der Waals surface area contributed by atoms with Crippen molar-refractivity contribution in [3.63, 3.8) is 0 Å². The Labute approximate surface area is 224 Å². The topological polar surface area (TPSA) is 61.8 Å². The second-order valence-electron chi connectivity index (χ2n) is 9.88. The van der Waals surface area contributed by atoms with E-state index in [0.29, 0.717) is 36.0 Å². The highest BCUT2D eigenvalue weighted by Gasteiger charge is 2.27. The number of halogens is 2. The van der Waals surface area contributed by atoms with E-state index in [4.69, 9.17) is 25.8 Å². The van der Waals surface area contributed by atoms with Gasteiger partial charge in [-0.3, -0.25) is 0 Å². The van der Waals surface area contributed by atoms with E-state index in [1.165, 1.54) is 5.56 Å². The third kappa shape index (κ3) is 9.99. The van der Waals surface area contributed by atoms with Crippen LogP contribution in [-0.4, -0.2) is 36.2 Å². The zero-order valence-corrected chi connectivity index (χ0v) is 22.6. The quantitative estimate of drug-likeness (QED) is 0.152. The molecule has 1 saturated carbocycles. The number of carbonyl (C=O) groups is 2. The molecule has 0 amide bonds. The summed E-state index contributed by atoms with van der Waals surface area (Å²) in [5.74, 6) is 0.595. The molecule has 1 aliphatic rings. The maximum absolute atomic E-state index is 13.9. The average Bonchev–Trinajstić information content (AvgIpc) is 2.91. The summed E-state index contributed by atoms with van der Waals surface area (Å²) in [5, 5.41) is -0.0918. The first-order valence-corrected chi connectivity index (χ1v) is 13.8. The van der Waals surface area contributed by atoms with Crippen molar-refractivity contribution in [3.05, 3.63) is 59.7 Å². The van der Waals surface area contributed by atoms with Crippen LogP contribution in [0.5, 0.6) is 11.5 Å². The molecular weight excluding hydrogens is 495 g/mol. The molecule has 7 heteroatoms. The van der Waals surface area contributed by atoms with Crippen molar-refractivity contribution in [2.45, 2.75) is 89.3 Å². The Morgan fingerprint density at radius 1 is 1.00 bits per heavy atom. The van der Waals surface area contributed by atoms with Gasteiger partial charge >= 0.3 is 11.9 Å². The van der Waals surface area contributed by atoms with Gasteiger partial charge in [0.1, 0.15) is 24.2 Å². The van der Waals surface area contributed by atoms with Gasteiger partial charge in [0.05, 0.1) is 10.9 Å². The van der Waals surface area contributed by atoms with E-state index in [9.17, 15) is 14.0 Å². The summed E-state index contributed by atoms with van der Waals surface area (Å²) < 4.78 is 30.3. The molecule has 0 spiro atoms. The molecule has 0 bridgehead atoms. The lowest BCUT2D eigenvalue weighted by molar-refractivity contribution is -0.157. The molecule has 5 nitrogen and oxygen atoms in total. The molecule has 0 N–H and O–H groups in total. The predicted octanol–water partition coefficient (Wildman–Crippen LogP) is 7.47. The average molecular weight is 533 g/mol. The van der Waals surface area contributed by atoms with E-state index in [1.807, 2.05) is 38.1 Å². The summed E-state index contributed by atoms with van der Waals surface area (Å²) in [6.45, 7) is 4.23. The van der Waals surface area contributed by atoms with Crippen LogP contribution < -0.4 is 9.47 Å². The molecule has 2 aromatic rings. The van der Waals surface area contributed by atoms with Gasteiger partial charge in [0.25, 0.3) is 0 Å². The van der Waals surface area contributed by atoms with Crippen molar-refractivity contribution in [3.8, 4) is 11.5 Å². The highest BCUT2D eigenvalue weighted by molar-refractivity contribution is 6.20. The zero-order valence-electron chi connectivity index (χ0n) is 21.8. The second-order valence-corrected chi connectivity index (χ2v) is 10.6. The summed E-state index contributed by atoms with van der Waals surface area (Å²) in [6.07, 6.45) is 5.69. The van der Waals surface area contributed by atoms with Crippen LogP contribution in [0.2, 0.25) is 0 Å². The normalized spacial score (nSPS) is 19.0. The maximum Gasteiger partial charge on any atom is 0.343 e. The SMILES string of the molecule is CCCCC(F)C(=O)O[C@H]1CC[C@H](CCc2ccc(OC(=O)c3ccc(OC[C@H](C)Cl)cc3)cc2)CC1. The fourth-order valence-corrected chi connectivity index (χ4v) is 4.50. The summed E-state index contributed by atoms with van der Waals surface area (Å²) in [6, 6.07) is 14.4. The number of aryl methyl sites for hydroxylation is 1. The lowest BCUT2D eigenvalue weighted by atomic mass is 9.83. The first-order valence-electron chi connectivity index (χ1n) is 13.4. The lowest BCUT2D eigenvalue weighted by Gasteiger charge is -2.28. The molecule has 0 heterocycles. The minimum Gasteiger partial charge on any atom is -0.492 e. The van der Waals surface area contributed by atoms with Crippen LogP contribution >= 0.6 is 11.6 Å². The molecule has 0 saturated heterocycles. The number of ether oxygens (including phenoxy) is 3. The zero-order chi connectivity index (χ0) is 26.6. The molecule has 0 aliphatic heterocycles. The number of benzene rings is 2. The number of esters is 2. The minimum atomic E-state index is -1.50. The summed E-state index contributed by atoms with van der Waals surface area (Å²) in [4.78, 5) is 24.4. The summed E-state index contributed by atoms with van der Waals surface area (Å²) in [5.41, 5.74) is 1.62. The van der Waals surface area contributed by atoms with Gasteiger partial charge in [0, 0.05) is 0 Å². The van der Waals surface area contributed by atoms with Crippen molar-refractivity contribution >= 4 is 23.5 Å². The molecule has 202 valence electrons. The van der Waals surface area contributed by atoms with Crippen LogP contribution in [0, 0.1) is 5.92 Å². The molecule has 3 rings (SSSR count). The highest BCUT2D eigenvalue weighted by Crippen LogP contribution is 2.30. The van der Waals surface area contributed by atoms with Crippen LogP contribution in [0.15, 0.2) is 48.5 Å². The summed E-state index contributed by atoms with van der Waals surface area (Å²) >= 11 is 5.89. The maximum atomic E-state index is 13.9. The minimum absolute atomic E-state index is 0.0918. The van der Waals surface area contributed by atoms with Gasteiger partial charge in [-0.1, -0.05) is 31.9 Å². The molecule has 1 aliphatic carbocycles. The van der Waals surface area contributed by atoms with Crippen molar-refractivity contribution < 1.29 is 28.2 Å². The van der Waals surface area contributed by atoms with Crippen LogP contribution in [0.25, 0.3) is 0 Å². The van der Waals surface area contributed by atoms with Gasteiger partial charge in [-0.25, -0.2) is 14.0 Å².